The maximum atomic E-state index is 8.92. The fraction of sp³-hybridized carbons (Fsp3) is 1.00. The van der Waals surface area contributed by atoms with Crippen LogP contribution in [0.4, 0.5) is 0 Å². The highest BCUT2D eigenvalue weighted by Crippen LogP contribution is 2.32. The minimum atomic E-state index is -0.140. The van der Waals surface area contributed by atoms with Crippen LogP contribution in [0.3, 0.4) is 0 Å². The smallest absolute Gasteiger partial charge is 0.148 e. The number of hydrogen-bond acceptors (Lipinski definition) is 6. The number of fused-ring (bicyclic) bond motifs is 1. The number of aliphatic hydroxyl groups is 1. The predicted octanol–water partition coefficient (Wildman–Crippen LogP) is -0.502. The third-order valence-electron chi connectivity index (χ3n) is 2.82. The lowest BCUT2D eigenvalue weighted by molar-refractivity contribution is -0.119. The van der Waals surface area contributed by atoms with Crippen LogP contribution in [0.25, 0.3) is 0 Å². The van der Waals surface area contributed by atoms with Crippen molar-refractivity contribution in [3.63, 3.8) is 0 Å². The van der Waals surface area contributed by atoms with E-state index in [4.69, 9.17) is 28.8 Å². The Morgan fingerprint density at radius 3 is 2.69 bits per heavy atom. The largest absolute Gasteiger partial charge is 0.396 e. The molecule has 0 radical (unpaired) electrons. The summed E-state index contributed by atoms with van der Waals surface area (Å²) in [7, 11) is 1.57. The monoisotopic (exact) mass is 234 g/mol. The summed E-state index contributed by atoms with van der Waals surface area (Å²) < 4.78 is 26.7. The lowest BCUT2D eigenvalue weighted by Gasteiger charge is -2.16. The van der Waals surface area contributed by atoms with E-state index >= 15 is 0 Å². The lowest BCUT2D eigenvalue weighted by Crippen LogP contribution is -2.32. The molecule has 2 fully saturated rings. The number of ether oxygens (including phenoxy) is 5. The average Bonchev–Trinajstić information content (AvgIpc) is 2.84. The SMILES string of the molecule is COCOC[C@H]1O[C@@H](CCO)[C@@H]2OCO[C@@H]21. The van der Waals surface area contributed by atoms with E-state index in [2.05, 4.69) is 0 Å². The van der Waals surface area contributed by atoms with Gasteiger partial charge < -0.3 is 28.8 Å². The van der Waals surface area contributed by atoms with Gasteiger partial charge in [-0.15, -0.1) is 0 Å². The summed E-state index contributed by atoms with van der Waals surface area (Å²) in [5.74, 6) is 0. The molecule has 0 aromatic rings. The highest BCUT2D eigenvalue weighted by Gasteiger charge is 2.49. The second kappa shape index (κ2) is 5.90. The van der Waals surface area contributed by atoms with Gasteiger partial charge in [-0.2, -0.15) is 0 Å². The average molecular weight is 234 g/mol. The minimum absolute atomic E-state index is 0.0803. The van der Waals surface area contributed by atoms with E-state index in [9.17, 15) is 0 Å². The topological polar surface area (TPSA) is 66.4 Å². The third kappa shape index (κ3) is 2.53. The molecule has 6 heteroatoms. The molecule has 4 atom stereocenters. The van der Waals surface area contributed by atoms with Crippen molar-refractivity contribution in [1.29, 1.82) is 0 Å². The van der Waals surface area contributed by atoms with Gasteiger partial charge in [0.2, 0.25) is 0 Å². The molecule has 0 aromatic heterocycles. The molecule has 6 nitrogen and oxygen atoms in total. The molecule has 1 N–H and O–H groups in total. The first kappa shape index (κ1) is 12.2. The molecule has 2 aliphatic heterocycles. The van der Waals surface area contributed by atoms with Gasteiger partial charge in [-0.1, -0.05) is 0 Å². The van der Waals surface area contributed by atoms with Gasteiger partial charge in [0.15, 0.2) is 0 Å². The van der Waals surface area contributed by atoms with E-state index in [1.165, 1.54) is 0 Å². The van der Waals surface area contributed by atoms with Crippen molar-refractivity contribution in [3.05, 3.63) is 0 Å². The quantitative estimate of drug-likeness (QED) is 0.493. The first-order valence-electron chi connectivity index (χ1n) is 5.43. The molecule has 0 bridgehead atoms. The van der Waals surface area contributed by atoms with Crippen LogP contribution >= 0.6 is 0 Å². The van der Waals surface area contributed by atoms with E-state index in [-0.39, 0.29) is 37.8 Å². The van der Waals surface area contributed by atoms with Crippen molar-refractivity contribution >= 4 is 0 Å². The van der Waals surface area contributed by atoms with E-state index in [1.807, 2.05) is 0 Å². The van der Waals surface area contributed by atoms with Gasteiger partial charge in [0, 0.05) is 13.7 Å². The van der Waals surface area contributed by atoms with Crippen molar-refractivity contribution in [2.75, 3.05) is 33.9 Å². The van der Waals surface area contributed by atoms with Gasteiger partial charge in [0.1, 0.15) is 31.9 Å². The Labute approximate surface area is 94.4 Å². The minimum Gasteiger partial charge on any atom is -0.396 e. The molecular weight excluding hydrogens is 216 g/mol. The molecule has 16 heavy (non-hydrogen) atoms. The predicted molar refractivity (Wildman–Crippen MR) is 52.8 cm³/mol. The second-order valence-corrected chi connectivity index (χ2v) is 3.88. The van der Waals surface area contributed by atoms with Crippen LogP contribution in [0.1, 0.15) is 6.42 Å². The Bertz CT molecular complexity index is 211. The molecule has 2 aliphatic rings. The molecule has 2 heterocycles. The zero-order valence-electron chi connectivity index (χ0n) is 9.33. The first-order valence-corrected chi connectivity index (χ1v) is 5.43. The zero-order valence-corrected chi connectivity index (χ0v) is 9.33. The maximum absolute atomic E-state index is 8.92. The van der Waals surface area contributed by atoms with Gasteiger partial charge in [-0.3, -0.25) is 0 Å². The van der Waals surface area contributed by atoms with Crippen LogP contribution in [0.5, 0.6) is 0 Å². The normalized spacial score (nSPS) is 37.9. The Morgan fingerprint density at radius 1 is 1.25 bits per heavy atom. The van der Waals surface area contributed by atoms with E-state index in [1.54, 1.807) is 7.11 Å². The van der Waals surface area contributed by atoms with Crippen LogP contribution in [0.15, 0.2) is 0 Å². The summed E-state index contributed by atoms with van der Waals surface area (Å²) in [4.78, 5) is 0. The van der Waals surface area contributed by atoms with Crippen molar-refractivity contribution in [2.24, 2.45) is 0 Å². The summed E-state index contributed by atoms with van der Waals surface area (Å²) in [6.45, 7) is 1.04. The summed E-state index contributed by atoms with van der Waals surface area (Å²) >= 11 is 0. The van der Waals surface area contributed by atoms with Crippen molar-refractivity contribution in [1.82, 2.24) is 0 Å². The van der Waals surface area contributed by atoms with Crippen LogP contribution in [0, 0.1) is 0 Å². The second-order valence-electron chi connectivity index (χ2n) is 3.88. The van der Waals surface area contributed by atoms with Gasteiger partial charge >= 0.3 is 0 Å². The van der Waals surface area contributed by atoms with E-state index in [0.29, 0.717) is 19.8 Å². The van der Waals surface area contributed by atoms with Gasteiger partial charge in [0.05, 0.1) is 12.7 Å². The zero-order chi connectivity index (χ0) is 11.4. The number of hydrogen-bond donors (Lipinski definition) is 1. The van der Waals surface area contributed by atoms with Gasteiger partial charge in [0.25, 0.3) is 0 Å². The lowest BCUT2D eigenvalue weighted by atomic mass is 10.1. The van der Waals surface area contributed by atoms with Crippen molar-refractivity contribution < 1.29 is 28.8 Å². The van der Waals surface area contributed by atoms with Crippen LogP contribution in [-0.4, -0.2) is 63.4 Å². The molecular formula is C10H18O6. The highest BCUT2D eigenvalue weighted by atomic mass is 16.7. The molecule has 0 spiro atoms. The molecule has 0 aliphatic carbocycles. The standard InChI is InChI=1S/C10H18O6/c1-12-5-13-4-8-10-9(14-6-15-10)7(16-8)2-3-11/h7-11H,2-6H2,1H3/t7-,8+,9-,10+/m0/s1. The van der Waals surface area contributed by atoms with Crippen molar-refractivity contribution in [2.45, 2.75) is 30.8 Å². The molecule has 2 saturated heterocycles. The fourth-order valence-electron chi connectivity index (χ4n) is 2.14. The van der Waals surface area contributed by atoms with Crippen LogP contribution in [-0.2, 0) is 23.7 Å². The first-order chi connectivity index (χ1) is 7.86. The number of rotatable bonds is 6. The van der Waals surface area contributed by atoms with Crippen LogP contribution in [0.2, 0.25) is 0 Å². The molecule has 0 unspecified atom stereocenters. The Balaban J connectivity index is 1.84. The molecule has 0 saturated carbocycles. The number of methoxy groups -OCH3 is 1. The van der Waals surface area contributed by atoms with Gasteiger partial charge in [-0.05, 0) is 6.42 Å². The van der Waals surface area contributed by atoms with Crippen molar-refractivity contribution in [3.8, 4) is 0 Å². The summed E-state index contributed by atoms with van der Waals surface area (Å²) in [5, 5.41) is 8.92. The molecule has 0 amide bonds. The van der Waals surface area contributed by atoms with E-state index < -0.39 is 0 Å². The summed E-state index contributed by atoms with van der Waals surface area (Å²) in [5.41, 5.74) is 0. The van der Waals surface area contributed by atoms with Crippen LogP contribution < -0.4 is 0 Å². The number of aliphatic hydroxyl groups excluding tert-OH is 1. The fourth-order valence-corrected chi connectivity index (χ4v) is 2.14. The maximum Gasteiger partial charge on any atom is 0.148 e. The summed E-state index contributed by atoms with van der Waals surface area (Å²) in [6.07, 6.45) is 0.148. The summed E-state index contributed by atoms with van der Waals surface area (Å²) in [6, 6.07) is 0. The van der Waals surface area contributed by atoms with E-state index in [0.717, 1.165) is 0 Å². The molecule has 0 aromatic carbocycles. The highest BCUT2D eigenvalue weighted by molar-refractivity contribution is 4.94. The van der Waals surface area contributed by atoms with Gasteiger partial charge in [-0.25, -0.2) is 0 Å². The Hall–Kier alpha value is -0.240. The molecule has 2 rings (SSSR count). The Morgan fingerprint density at radius 2 is 2.00 bits per heavy atom. The molecule has 94 valence electrons. The Kier molecular flexibility index (Phi) is 4.51. The third-order valence-corrected chi connectivity index (χ3v) is 2.82.